The Bertz CT molecular complexity index is 658. The van der Waals surface area contributed by atoms with Gasteiger partial charge >= 0.3 is 0 Å². The van der Waals surface area contributed by atoms with E-state index in [1.807, 2.05) is 13.8 Å². The second-order valence-corrected chi connectivity index (χ2v) is 4.60. The number of benzene rings is 1. The minimum atomic E-state index is -0.279. The van der Waals surface area contributed by atoms with Crippen molar-refractivity contribution in [1.82, 2.24) is 0 Å². The largest absolute Gasteiger partial charge is 0.492 e. The molecule has 0 bridgehead atoms. The molecule has 0 saturated carbocycles. The summed E-state index contributed by atoms with van der Waals surface area (Å²) >= 11 is 0. The van der Waals surface area contributed by atoms with Crippen molar-refractivity contribution in [3.63, 3.8) is 0 Å². The fourth-order valence-corrected chi connectivity index (χ4v) is 1.69. The fourth-order valence-electron chi connectivity index (χ4n) is 1.69. The smallest absolute Gasteiger partial charge is 0.205 e. The molecule has 0 spiro atoms. The highest BCUT2D eigenvalue weighted by atomic mass is 16.5. The van der Waals surface area contributed by atoms with Crippen LogP contribution in [0.25, 0.3) is 11.0 Å². The molecule has 1 N–H and O–H groups in total. The molecule has 1 aromatic heterocycles. The molecule has 100 valence electrons. The van der Waals surface area contributed by atoms with E-state index in [1.165, 1.54) is 6.26 Å². The van der Waals surface area contributed by atoms with Crippen molar-refractivity contribution in [3.8, 4) is 5.75 Å². The molecule has 1 heterocycles. The number of ether oxygens (including phenoxy) is 1. The van der Waals surface area contributed by atoms with Crippen molar-refractivity contribution in [2.45, 2.75) is 13.8 Å². The summed E-state index contributed by atoms with van der Waals surface area (Å²) in [6, 6.07) is 5.18. The van der Waals surface area contributed by atoms with Crippen LogP contribution in [0.2, 0.25) is 0 Å². The molecule has 5 heteroatoms. The standard InChI is InChI=1S/C14H15NO4/c1-9(2)7-18-11-4-3-5-12-13(11)14(16)10(6-15-17)8-19-12/h3-6,8-9,17H,7H2,1-2H3/b15-6+. The maximum Gasteiger partial charge on any atom is 0.205 e. The Morgan fingerprint density at radius 1 is 1.47 bits per heavy atom. The molecule has 0 radical (unpaired) electrons. The highest BCUT2D eigenvalue weighted by molar-refractivity contribution is 5.89. The van der Waals surface area contributed by atoms with Gasteiger partial charge in [-0.25, -0.2) is 0 Å². The van der Waals surface area contributed by atoms with Crippen LogP contribution in [0.3, 0.4) is 0 Å². The zero-order valence-corrected chi connectivity index (χ0v) is 10.8. The monoisotopic (exact) mass is 261 g/mol. The van der Waals surface area contributed by atoms with Crippen LogP contribution in [0.15, 0.2) is 38.8 Å². The summed E-state index contributed by atoms with van der Waals surface area (Å²) in [5.74, 6) is 0.831. The van der Waals surface area contributed by atoms with Gasteiger partial charge in [-0.3, -0.25) is 4.79 Å². The predicted molar refractivity (Wildman–Crippen MR) is 72.2 cm³/mol. The third kappa shape index (κ3) is 2.76. The van der Waals surface area contributed by atoms with E-state index in [2.05, 4.69) is 5.16 Å². The Kier molecular flexibility index (Phi) is 3.85. The predicted octanol–water partition coefficient (Wildman–Crippen LogP) is 2.64. The number of fused-ring (bicyclic) bond motifs is 1. The van der Waals surface area contributed by atoms with Gasteiger partial charge in [-0.15, -0.1) is 0 Å². The first-order valence-corrected chi connectivity index (χ1v) is 5.98. The Balaban J connectivity index is 2.58. The van der Waals surface area contributed by atoms with Gasteiger partial charge in [0.15, 0.2) is 0 Å². The topological polar surface area (TPSA) is 72.0 Å². The first kappa shape index (κ1) is 13.1. The lowest BCUT2D eigenvalue weighted by molar-refractivity contribution is 0.273. The molecule has 2 aromatic rings. The van der Waals surface area contributed by atoms with Crippen LogP contribution in [-0.4, -0.2) is 18.0 Å². The van der Waals surface area contributed by atoms with Crippen molar-refractivity contribution in [3.05, 3.63) is 40.2 Å². The molecule has 19 heavy (non-hydrogen) atoms. The molecule has 0 unspecified atom stereocenters. The number of oxime groups is 1. The minimum Gasteiger partial charge on any atom is -0.492 e. The van der Waals surface area contributed by atoms with E-state index in [0.29, 0.717) is 29.2 Å². The van der Waals surface area contributed by atoms with Gasteiger partial charge in [0.2, 0.25) is 5.43 Å². The SMILES string of the molecule is CC(C)COc1cccc2occ(/C=N/O)c(=O)c12. The van der Waals surface area contributed by atoms with E-state index in [0.717, 1.165) is 6.21 Å². The zero-order valence-electron chi connectivity index (χ0n) is 10.8. The minimum absolute atomic E-state index is 0.176. The van der Waals surface area contributed by atoms with Gasteiger partial charge < -0.3 is 14.4 Å². The van der Waals surface area contributed by atoms with Gasteiger partial charge in [-0.05, 0) is 18.1 Å². The van der Waals surface area contributed by atoms with Gasteiger partial charge in [-0.1, -0.05) is 25.1 Å². The Labute approximate surface area is 110 Å². The molecular weight excluding hydrogens is 246 g/mol. The van der Waals surface area contributed by atoms with E-state index < -0.39 is 0 Å². The van der Waals surface area contributed by atoms with Crippen molar-refractivity contribution in [1.29, 1.82) is 0 Å². The summed E-state index contributed by atoms with van der Waals surface area (Å²) in [5.41, 5.74) is 0.343. The van der Waals surface area contributed by atoms with E-state index in [4.69, 9.17) is 14.4 Å². The normalized spacial score (nSPS) is 11.5. The molecule has 0 atom stereocenters. The number of hydrogen-bond donors (Lipinski definition) is 1. The lowest BCUT2D eigenvalue weighted by atomic mass is 10.1. The van der Waals surface area contributed by atoms with Gasteiger partial charge in [0.25, 0.3) is 0 Å². The number of rotatable bonds is 4. The van der Waals surface area contributed by atoms with Crippen LogP contribution in [0, 0.1) is 5.92 Å². The van der Waals surface area contributed by atoms with Gasteiger partial charge in [0.05, 0.1) is 18.4 Å². The van der Waals surface area contributed by atoms with E-state index in [1.54, 1.807) is 18.2 Å². The van der Waals surface area contributed by atoms with Crippen molar-refractivity contribution >= 4 is 17.2 Å². The van der Waals surface area contributed by atoms with Gasteiger partial charge in [0, 0.05) is 0 Å². The number of hydrogen-bond acceptors (Lipinski definition) is 5. The van der Waals surface area contributed by atoms with Gasteiger partial charge in [-0.2, -0.15) is 0 Å². The van der Waals surface area contributed by atoms with Crippen LogP contribution < -0.4 is 10.2 Å². The molecule has 0 aliphatic heterocycles. The van der Waals surface area contributed by atoms with Crippen molar-refractivity contribution in [2.75, 3.05) is 6.61 Å². The molecular formula is C14H15NO4. The highest BCUT2D eigenvalue weighted by Crippen LogP contribution is 2.23. The maximum atomic E-state index is 12.2. The fraction of sp³-hybridized carbons (Fsp3) is 0.286. The molecule has 5 nitrogen and oxygen atoms in total. The van der Waals surface area contributed by atoms with E-state index in [-0.39, 0.29) is 11.0 Å². The third-order valence-corrected chi connectivity index (χ3v) is 2.56. The van der Waals surface area contributed by atoms with Gasteiger partial charge in [0.1, 0.15) is 23.0 Å². The summed E-state index contributed by atoms with van der Waals surface area (Å²) in [7, 11) is 0. The lowest BCUT2D eigenvalue weighted by Crippen LogP contribution is -2.11. The Morgan fingerprint density at radius 3 is 2.95 bits per heavy atom. The van der Waals surface area contributed by atoms with Crippen LogP contribution in [0.1, 0.15) is 19.4 Å². The van der Waals surface area contributed by atoms with Crippen LogP contribution in [0.4, 0.5) is 0 Å². The molecule has 0 saturated heterocycles. The van der Waals surface area contributed by atoms with Crippen molar-refractivity contribution < 1.29 is 14.4 Å². The summed E-state index contributed by atoms with van der Waals surface area (Å²) < 4.78 is 11.0. The molecule has 2 rings (SSSR count). The summed E-state index contributed by atoms with van der Waals surface area (Å²) in [5, 5.41) is 11.7. The average Bonchev–Trinajstić information content (AvgIpc) is 2.39. The first-order chi connectivity index (χ1) is 9.13. The van der Waals surface area contributed by atoms with E-state index >= 15 is 0 Å². The van der Waals surface area contributed by atoms with Crippen molar-refractivity contribution in [2.24, 2.45) is 11.1 Å². The first-order valence-electron chi connectivity index (χ1n) is 5.98. The third-order valence-electron chi connectivity index (χ3n) is 2.56. The Hall–Kier alpha value is -2.30. The maximum absolute atomic E-state index is 12.2. The van der Waals surface area contributed by atoms with Crippen LogP contribution in [-0.2, 0) is 0 Å². The van der Waals surface area contributed by atoms with E-state index in [9.17, 15) is 4.79 Å². The highest BCUT2D eigenvalue weighted by Gasteiger charge is 2.11. The molecule has 1 aromatic carbocycles. The molecule has 0 aliphatic carbocycles. The molecule has 0 aliphatic rings. The van der Waals surface area contributed by atoms with Crippen LogP contribution in [0.5, 0.6) is 5.75 Å². The second kappa shape index (κ2) is 5.56. The second-order valence-electron chi connectivity index (χ2n) is 4.60. The summed E-state index contributed by atoms with van der Waals surface area (Å²) in [6.45, 7) is 4.56. The van der Waals surface area contributed by atoms with Crippen LogP contribution >= 0.6 is 0 Å². The number of nitrogens with zero attached hydrogens (tertiary/aromatic N) is 1. The molecule has 0 fully saturated rings. The Morgan fingerprint density at radius 2 is 2.26 bits per heavy atom. The summed E-state index contributed by atoms with van der Waals surface area (Å²) in [6.07, 6.45) is 2.31. The molecule has 0 amide bonds. The quantitative estimate of drug-likeness (QED) is 0.521. The summed E-state index contributed by atoms with van der Waals surface area (Å²) in [4.78, 5) is 12.2. The zero-order chi connectivity index (χ0) is 13.8. The average molecular weight is 261 g/mol. The lowest BCUT2D eigenvalue weighted by Gasteiger charge is -2.10.